The number of esters is 1. The topological polar surface area (TPSA) is 69.4 Å². The maximum atomic E-state index is 11.1. The van der Waals surface area contributed by atoms with Gasteiger partial charge < -0.3 is 4.74 Å². The van der Waals surface area contributed by atoms with Gasteiger partial charge in [-0.25, -0.2) is 4.79 Å². The van der Waals surface area contributed by atoms with E-state index in [0.29, 0.717) is 0 Å². The Morgan fingerprint density at radius 1 is 1.59 bits per heavy atom. The van der Waals surface area contributed by atoms with Gasteiger partial charge in [0.15, 0.2) is 0 Å². The van der Waals surface area contributed by atoms with Gasteiger partial charge in [0, 0.05) is 6.08 Å². The van der Waals surface area contributed by atoms with Gasteiger partial charge in [-0.1, -0.05) is 17.7 Å². The summed E-state index contributed by atoms with van der Waals surface area (Å²) in [6.45, 7) is 1.92. The third-order valence-corrected chi connectivity index (χ3v) is 2.19. The standard InChI is InChI=1S/C11H10ClNO4/c1-2-17-10(14)7-6-8-4-3-5-9(12)11(8)13(15)16/h3-7H,2H2,1H3/b7-6+. The zero-order valence-corrected chi connectivity index (χ0v) is 9.81. The van der Waals surface area contributed by atoms with Gasteiger partial charge in [-0.3, -0.25) is 10.1 Å². The maximum absolute atomic E-state index is 11.1. The van der Waals surface area contributed by atoms with Gasteiger partial charge in [0.2, 0.25) is 0 Å². The number of carbonyl (C=O) groups is 1. The van der Waals surface area contributed by atoms with E-state index in [9.17, 15) is 14.9 Å². The van der Waals surface area contributed by atoms with Crippen LogP contribution >= 0.6 is 11.6 Å². The molecule has 1 rings (SSSR count). The summed E-state index contributed by atoms with van der Waals surface area (Å²) < 4.78 is 4.67. The van der Waals surface area contributed by atoms with Crippen LogP contribution in [0.5, 0.6) is 0 Å². The Morgan fingerprint density at radius 2 is 2.29 bits per heavy atom. The molecule has 0 unspecified atom stereocenters. The number of nitrogens with zero attached hydrogens (tertiary/aromatic N) is 1. The summed E-state index contributed by atoms with van der Waals surface area (Å²) in [6, 6.07) is 4.49. The number of halogens is 1. The minimum Gasteiger partial charge on any atom is -0.463 e. The molecule has 0 heterocycles. The molecule has 0 fully saturated rings. The number of ether oxygens (including phenoxy) is 1. The van der Waals surface area contributed by atoms with E-state index in [2.05, 4.69) is 4.74 Å². The molecule has 0 radical (unpaired) electrons. The molecule has 0 aliphatic carbocycles. The van der Waals surface area contributed by atoms with Crippen LogP contribution in [-0.2, 0) is 9.53 Å². The van der Waals surface area contributed by atoms with Crippen molar-refractivity contribution in [2.45, 2.75) is 6.92 Å². The third-order valence-electron chi connectivity index (χ3n) is 1.89. The molecule has 17 heavy (non-hydrogen) atoms. The molecule has 0 aliphatic rings. The second-order valence-corrected chi connectivity index (χ2v) is 3.43. The van der Waals surface area contributed by atoms with E-state index >= 15 is 0 Å². The van der Waals surface area contributed by atoms with Crippen LogP contribution in [0.25, 0.3) is 6.08 Å². The molecule has 0 amide bonds. The van der Waals surface area contributed by atoms with Gasteiger partial charge >= 0.3 is 5.97 Å². The molecular weight excluding hydrogens is 246 g/mol. The minimum absolute atomic E-state index is 0.0287. The minimum atomic E-state index is -0.590. The fourth-order valence-electron chi connectivity index (χ4n) is 1.21. The summed E-state index contributed by atoms with van der Waals surface area (Å²) in [5.41, 5.74) is 0.0327. The zero-order chi connectivity index (χ0) is 12.8. The van der Waals surface area contributed by atoms with Crippen LogP contribution in [0.15, 0.2) is 24.3 Å². The van der Waals surface area contributed by atoms with E-state index in [4.69, 9.17) is 11.6 Å². The first-order valence-electron chi connectivity index (χ1n) is 4.84. The molecule has 6 heteroatoms. The van der Waals surface area contributed by atoms with Gasteiger partial charge in [0.1, 0.15) is 5.02 Å². The Hall–Kier alpha value is -1.88. The van der Waals surface area contributed by atoms with Gasteiger partial charge in [-0.2, -0.15) is 0 Å². The third kappa shape index (κ3) is 3.57. The summed E-state index contributed by atoms with van der Waals surface area (Å²) in [5.74, 6) is -0.554. The normalized spacial score (nSPS) is 10.5. The highest BCUT2D eigenvalue weighted by molar-refractivity contribution is 6.33. The number of nitro groups is 1. The van der Waals surface area contributed by atoms with Crippen molar-refractivity contribution < 1.29 is 14.5 Å². The van der Waals surface area contributed by atoms with Crippen molar-refractivity contribution in [1.82, 2.24) is 0 Å². The van der Waals surface area contributed by atoms with Crippen molar-refractivity contribution in [3.8, 4) is 0 Å². The molecule has 1 aromatic rings. The SMILES string of the molecule is CCOC(=O)/C=C/c1cccc(Cl)c1[N+](=O)[O-]. The number of benzene rings is 1. The monoisotopic (exact) mass is 255 g/mol. The second kappa shape index (κ2) is 6.00. The average molecular weight is 256 g/mol. The first-order valence-corrected chi connectivity index (χ1v) is 5.21. The number of rotatable bonds is 4. The van der Waals surface area contributed by atoms with E-state index in [1.165, 1.54) is 18.2 Å². The molecule has 0 bridgehead atoms. The molecule has 5 nitrogen and oxygen atoms in total. The van der Waals surface area contributed by atoms with Crippen LogP contribution in [0.4, 0.5) is 5.69 Å². The lowest BCUT2D eigenvalue weighted by Crippen LogP contribution is -1.99. The van der Waals surface area contributed by atoms with Gasteiger partial charge in [0.05, 0.1) is 17.1 Å². The van der Waals surface area contributed by atoms with Crippen LogP contribution in [0.2, 0.25) is 5.02 Å². The van der Waals surface area contributed by atoms with Crippen molar-refractivity contribution in [2.24, 2.45) is 0 Å². The van der Waals surface area contributed by atoms with E-state index in [-0.39, 0.29) is 22.9 Å². The van der Waals surface area contributed by atoms with E-state index in [0.717, 1.165) is 6.08 Å². The lowest BCUT2D eigenvalue weighted by molar-refractivity contribution is -0.384. The van der Waals surface area contributed by atoms with Crippen molar-refractivity contribution >= 4 is 29.3 Å². The summed E-state index contributed by atoms with van der Waals surface area (Å²) in [6.07, 6.45) is 2.43. The first kappa shape index (κ1) is 13.2. The Kier molecular flexibility index (Phi) is 4.66. The average Bonchev–Trinajstić information content (AvgIpc) is 2.26. The molecule has 0 spiro atoms. The molecule has 0 aromatic heterocycles. The summed E-state index contributed by atoms with van der Waals surface area (Å²) >= 11 is 5.71. The molecule has 1 aromatic carbocycles. The second-order valence-electron chi connectivity index (χ2n) is 3.02. The predicted molar refractivity (Wildman–Crippen MR) is 63.8 cm³/mol. The quantitative estimate of drug-likeness (QED) is 0.359. The highest BCUT2D eigenvalue weighted by Gasteiger charge is 2.16. The fraction of sp³-hybridized carbons (Fsp3) is 0.182. The number of hydrogen-bond donors (Lipinski definition) is 0. The van der Waals surface area contributed by atoms with Crippen molar-refractivity contribution in [3.63, 3.8) is 0 Å². The number of carbonyl (C=O) groups excluding carboxylic acids is 1. The first-order chi connectivity index (χ1) is 8.06. The highest BCUT2D eigenvalue weighted by atomic mass is 35.5. The fourth-order valence-corrected chi connectivity index (χ4v) is 1.46. The highest BCUT2D eigenvalue weighted by Crippen LogP contribution is 2.28. The van der Waals surface area contributed by atoms with Crippen LogP contribution in [0.1, 0.15) is 12.5 Å². The van der Waals surface area contributed by atoms with Gasteiger partial charge in [0.25, 0.3) is 5.69 Å². The van der Waals surface area contributed by atoms with Crippen LogP contribution < -0.4 is 0 Å². The lowest BCUT2D eigenvalue weighted by Gasteiger charge is -1.99. The molecule has 0 saturated carbocycles. The Bertz CT molecular complexity index is 471. The molecule has 0 saturated heterocycles. The molecule has 0 aliphatic heterocycles. The number of para-hydroxylation sites is 1. The number of nitro benzene ring substituents is 1. The summed E-state index contributed by atoms with van der Waals surface area (Å²) in [7, 11) is 0. The number of hydrogen-bond acceptors (Lipinski definition) is 4. The molecular formula is C11H10ClNO4. The van der Waals surface area contributed by atoms with Gasteiger partial charge in [-0.05, 0) is 25.1 Å². The maximum Gasteiger partial charge on any atom is 0.330 e. The predicted octanol–water partition coefficient (Wildman–Crippen LogP) is 2.82. The van der Waals surface area contributed by atoms with E-state index in [1.807, 2.05) is 0 Å². The Labute approximate surface area is 103 Å². The van der Waals surface area contributed by atoms with Crippen molar-refractivity contribution in [1.29, 1.82) is 0 Å². The zero-order valence-electron chi connectivity index (χ0n) is 9.05. The van der Waals surface area contributed by atoms with Crippen molar-refractivity contribution in [2.75, 3.05) is 6.61 Å². The van der Waals surface area contributed by atoms with Crippen molar-refractivity contribution in [3.05, 3.63) is 45.0 Å². The smallest absolute Gasteiger partial charge is 0.330 e. The van der Waals surface area contributed by atoms with Crippen LogP contribution in [0, 0.1) is 10.1 Å². The summed E-state index contributed by atoms with van der Waals surface area (Å²) in [4.78, 5) is 21.3. The molecule has 0 atom stereocenters. The lowest BCUT2D eigenvalue weighted by atomic mass is 10.1. The van der Waals surface area contributed by atoms with Crippen LogP contribution in [-0.4, -0.2) is 17.5 Å². The largest absolute Gasteiger partial charge is 0.463 e. The van der Waals surface area contributed by atoms with Gasteiger partial charge in [-0.15, -0.1) is 0 Å². The molecule has 0 N–H and O–H groups in total. The molecule has 90 valence electrons. The van der Waals surface area contributed by atoms with Crippen LogP contribution in [0.3, 0.4) is 0 Å². The summed E-state index contributed by atoms with van der Waals surface area (Å²) in [5, 5.41) is 10.8. The Balaban J connectivity index is 3.02. The Morgan fingerprint density at radius 3 is 2.88 bits per heavy atom. The van der Waals surface area contributed by atoms with E-state index in [1.54, 1.807) is 13.0 Å². The van der Waals surface area contributed by atoms with E-state index < -0.39 is 10.9 Å².